The largest absolute Gasteiger partial charge is 0.370 e. The van der Waals surface area contributed by atoms with Crippen molar-refractivity contribution in [2.75, 3.05) is 31.1 Å². The lowest BCUT2D eigenvalue weighted by atomic mass is 10.1. The Morgan fingerprint density at radius 2 is 1.74 bits per heavy atom. The molecule has 2 heterocycles. The molecule has 6 heteroatoms. The van der Waals surface area contributed by atoms with Crippen LogP contribution in [0.4, 0.5) is 10.1 Å². The van der Waals surface area contributed by atoms with Gasteiger partial charge < -0.3 is 9.42 Å². The van der Waals surface area contributed by atoms with Crippen LogP contribution < -0.4 is 4.90 Å². The molecule has 5 nitrogen and oxygen atoms in total. The maximum atomic E-state index is 13.1. The topological polar surface area (TPSA) is 45.4 Å². The van der Waals surface area contributed by atoms with Crippen molar-refractivity contribution in [3.63, 3.8) is 0 Å². The molecule has 1 fully saturated rings. The molecule has 0 saturated carbocycles. The minimum absolute atomic E-state index is 0.198. The summed E-state index contributed by atoms with van der Waals surface area (Å²) in [5, 5.41) is 4.12. The molecule has 0 radical (unpaired) electrons. The second kappa shape index (κ2) is 7.88. The summed E-state index contributed by atoms with van der Waals surface area (Å²) in [6.45, 7) is 6.43. The first-order chi connectivity index (χ1) is 13.2. The average Bonchev–Trinajstić information content (AvgIpc) is 3.01. The number of hydrogen-bond donors (Lipinski definition) is 0. The molecule has 1 aromatic heterocycles. The Morgan fingerprint density at radius 3 is 2.52 bits per heavy atom. The molecule has 2 aromatic carbocycles. The number of rotatable bonds is 4. The van der Waals surface area contributed by atoms with Gasteiger partial charge in [-0.15, -0.1) is 0 Å². The average molecular weight is 366 g/mol. The van der Waals surface area contributed by atoms with E-state index in [0.29, 0.717) is 18.3 Å². The second-order valence-electron chi connectivity index (χ2n) is 6.97. The van der Waals surface area contributed by atoms with Crippen molar-refractivity contribution in [3.8, 4) is 11.4 Å². The molecule has 0 aliphatic carbocycles. The van der Waals surface area contributed by atoms with Gasteiger partial charge >= 0.3 is 0 Å². The normalized spacial score (nSPS) is 15.7. The highest BCUT2D eigenvalue weighted by Crippen LogP contribution is 2.19. The minimum Gasteiger partial charge on any atom is -0.370 e. The van der Waals surface area contributed by atoms with Crippen LogP contribution in [0.15, 0.2) is 53.1 Å². The molecule has 1 aliphatic rings. The van der Waals surface area contributed by atoms with Gasteiger partial charge in [0, 0.05) is 37.4 Å². The van der Waals surface area contributed by atoms with Crippen molar-refractivity contribution in [1.82, 2.24) is 15.0 Å². The van der Waals surface area contributed by atoms with E-state index in [4.69, 9.17) is 4.52 Å². The number of hydrogen-bond acceptors (Lipinski definition) is 5. The molecule has 140 valence electrons. The van der Waals surface area contributed by atoms with Gasteiger partial charge in [-0.3, -0.25) is 4.90 Å². The van der Waals surface area contributed by atoms with Crippen LogP contribution in [-0.4, -0.2) is 41.2 Å². The van der Waals surface area contributed by atoms with E-state index in [9.17, 15) is 4.39 Å². The van der Waals surface area contributed by atoms with E-state index in [1.807, 2.05) is 36.4 Å². The summed E-state index contributed by atoms with van der Waals surface area (Å²) >= 11 is 0. The van der Waals surface area contributed by atoms with E-state index in [2.05, 4.69) is 26.9 Å². The Bertz CT molecular complexity index is 876. The summed E-state index contributed by atoms with van der Waals surface area (Å²) in [4.78, 5) is 9.17. The number of anilines is 1. The van der Waals surface area contributed by atoms with E-state index >= 15 is 0 Å². The molecule has 27 heavy (non-hydrogen) atoms. The van der Waals surface area contributed by atoms with Crippen molar-refractivity contribution in [2.45, 2.75) is 19.9 Å². The van der Waals surface area contributed by atoms with Gasteiger partial charge in [0.2, 0.25) is 11.7 Å². The first-order valence-corrected chi connectivity index (χ1v) is 9.30. The monoisotopic (exact) mass is 366 g/mol. The van der Waals surface area contributed by atoms with Crippen molar-refractivity contribution in [2.24, 2.45) is 0 Å². The lowest BCUT2D eigenvalue weighted by Gasteiger charge is -2.23. The van der Waals surface area contributed by atoms with Crippen LogP contribution in [0.5, 0.6) is 0 Å². The highest BCUT2D eigenvalue weighted by molar-refractivity contribution is 5.54. The highest BCUT2D eigenvalue weighted by atomic mass is 19.1. The number of nitrogens with zero attached hydrogens (tertiary/aromatic N) is 4. The van der Waals surface area contributed by atoms with Gasteiger partial charge in [0.25, 0.3) is 0 Å². The van der Waals surface area contributed by atoms with Gasteiger partial charge in [-0.25, -0.2) is 4.39 Å². The zero-order valence-electron chi connectivity index (χ0n) is 15.4. The lowest BCUT2D eigenvalue weighted by molar-refractivity contribution is 0.239. The Labute approximate surface area is 158 Å². The molecule has 0 unspecified atom stereocenters. The second-order valence-corrected chi connectivity index (χ2v) is 6.97. The number of aromatic nitrogens is 2. The van der Waals surface area contributed by atoms with Crippen LogP contribution in [0.2, 0.25) is 0 Å². The quantitative estimate of drug-likeness (QED) is 0.701. The van der Waals surface area contributed by atoms with Gasteiger partial charge in [-0.2, -0.15) is 4.98 Å². The van der Waals surface area contributed by atoms with Gasteiger partial charge in [0.05, 0.1) is 6.54 Å². The summed E-state index contributed by atoms with van der Waals surface area (Å²) in [5.41, 5.74) is 3.24. The summed E-state index contributed by atoms with van der Waals surface area (Å²) in [6, 6.07) is 14.8. The Hall–Kier alpha value is -2.73. The minimum atomic E-state index is -0.198. The maximum Gasteiger partial charge on any atom is 0.241 e. The molecule has 1 aliphatic heterocycles. The van der Waals surface area contributed by atoms with E-state index in [1.165, 1.54) is 17.7 Å². The summed E-state index contributed by atoms with van der Waals surface area (Å²) < 4.78 is 18.6. The van der Waals surface area contributed by atoms with Crippen molar-refractivity contribution >= 4 is 5.69 Å². The van der Waals surface area contributed by atoms with Crippen LogP contribution in [0, 0.1) is 12.7 Å². The Balaban J connectivity index is 1.37. The third kappa shape index (κ3) is 4.34. The molecule has 0 amide bonds. The van der Waals surface area contributed by atoms with E-state index in [0.717, 1.165) is 43.9 Å². The highest BCUT2D eigenvalue weighted by Gasteiger charge is 2.18. The summed E-state index contributed by atoms with van der Waals surface area (Å²) in [6.07, 6.45) is 1.04. The van der Waals surface area contributed by atoms with Crippen LogP contribution in [-0.2, 0) is 6.54 Å². The van der Waals surface area contributed by atoms with Crippen LogP contribution >= 0.6 is 0 Å². The SMILES string of the molecule is Cc1ccc(-c2noc(CN3CCCN(c4ccc(F)cc4)CC3)n2)cc1. The van der Waals surface area contributed by atoms with Gasteiger partial charge in [-0.1, -0.05) is 35.0 Å². The molecule has 0 atom stereocenters. The molecule has 0 N–H and O–H groups in total. The van der Waals surface area contributed by atoms with Gasteiger partial charge in [0.15, 0.2) is 0 Å². The molecular weight excluding hydrogens is 343 g/mol. The van der Waals surface area contributed by atoms with Crippen LogP contribution in [0.25, 0.3) is 11.4 Å². The number of halogens is 1. The molecule has 0 spiro atoms. The molecule has 0 bridgehead atoms. The third-order valence-corrected chi connectivity index (χ3v) is 4.92. The predicted octanol–water partition coefficient (Wildman–Crippen LogP) is 3.90. The first kappa shape index (κ1) is 17.7. The smallest absolute Gasteiger partial charge is 0.241 e. The van der Waals surface area contributed by atoms with Crippen LogP contribution in [0.1, 0.15) is 17.9 Å². The summed E-state index contributed by atoms with van der Waals surface area (Å²) in [7, 11) is 0. The zero-order valence-corrected chi connectivity index (χ0v) is 15.4. The van der Waals surface area contributed by atoms with Crippen molar-refractivity contribution < 1.29 is 8.91 Å². The molecule has 1 saturated heterocycles. The third-order valence-electron chi connectivity index (χ3n) is 4.92. The predicted molar refractivity (Wildman–Crippen MR) is 103 cm³/mol. The lowest BCUT2D eigenvalue weighted by Crippen LogP contribution is -2.30. The zero-order chi connectivity index (χ0) is 18.6. The van der Waals surface area contributed by atoms with Crippen LogP contribution in [0.3, 0.4) is 0 Å². The van der Waals surface area contributed by atoms with Crippen molar-refractivity contribution in [1.29, 1.82) is 0 Å². The number of benzene rings is 2. The fraction of sp³-hybridized carbons (Fsp3) is 0.333. The fourth-order valence-electron chi connectivity index (χ4n) is 3.37. The maximum absolute atomic E-state index is 13.1. The van der Waals surface area contributed by atoms with E-state index in [-0.39, 0.29) is 5.82 Å². The number of aryl methyl sites for hydroxylation is 1. The van der Waals surface area contributed by atoms with Gasteiger partial charge in [0.1, 0.15) is 5.82 Å². The van der Waals surface area contributed by atoms with E-state index in [1.54, 1.807) is 0 Å². The Kier molecular flexibility index (Phi) is 5.16. The van der Waals surface area contributed by atoms with Gasteiger partial charge in [-0.05, 0) is 37.6 Å². The van der Waals surface area contributed by atoms with Crippen molar-refractivity contribution in [3.05, 3.63) is 65.8 Å². The standard InChI is InChI=1S/C21H23FN4O/c1-16-3-5-17(6-4-16)21-23-20(27-24-21)15-25-11-2-12-26(14-13-25)19-9-7-18(22)8-10-19/h3-10H,2,11-15H2,1H3. The molecule has 3 aromatic rings. The Morgan fingerprint density at radius 1 is 0.963 bits per heavy atom. The fourth-order valence-corrected chi connectivity index (χ4v) is 3.37. The molecule has 4 rings (SSSR count). The molecular formula is C21H23FN4O. The van der Waals surface area contributed by atoms with E-state index < -0.39 is 0 Å². The summed E-state index contributed by atoms with van der Waals surface area (Å²) in [5.74, 6) is 1.07. The first-order valence-electron chi connectivity index (χ1n) is 9.30.